The Morgan fingerprint density at radius 1 is 0.875 bits per heavy atom. The van der Waals surface area contributed by atoms with Crippen LogP contribution in [-0.4, -0.2) is 5.97 Å². The minimum Gasteiger partial charge on any atom is -0.550 e. The zero-order valence-electron chi connectivity index (χ0n) is 11.2. The number of hydrogen-bond donors (Lipinski definition) is 0. The van der Waals surface area contributed by atoms with Crippen molar-refractivity contribution in [1.82, 2.24) is 0 Å². The van der Waals surface area contributed by atoms with Crippen molar-refractivity contribution >= 4 is 5.97 Å². The molecule has 0 saturated heterocycles. The molecule has 96 valence electrons. The van der Waals surface area contributed by atoms with Crippen LogP contribution in [0.15, 0.2) is 0 Å². The number of rotatable bonds is 10. The Kier molecular flexibility index (Phi) is 8.32. The van der Waals surface area contributed by atoms with Crippen LogP contribution in [0, 0.1) is 5.41 Å². The van der Waals surface area contributed by atoms with Gasteiger partial charge in [-0.05, 0) is 19.3 Å². The number of carboxylic acid groups (broad SMARTS) is 1. The van der Waals surface area contributed by atoms with Crippen molar-refractivity contribution in [3.63, 3.8) is 0 Å². The third-order valence-electron chi connectivity index (χ3n) is 3.46. The Labute approximate surface area is 100 Å². The highest BCUT2D eigenvalue weighted by Gasteiger charge is 2.29. The van der Waals surface area contributed by atoms with Gasteiger partial charge >= 0.3 is 0 Å². The molecule has 0 aromatic rings. The molecule has 0 atom stereocenters. The summed E-state index contributed by atoms with van der Waals surface area (Å²) in [5, 5.41) is 11.4. The molecule has 0 aromatic carbocycles. The maximum atomic E-state index is 11.4. The Hall–Kier alpha value is -0.530. The summed E-state index contributed by atoms with van der Waals surface area (Å²) in [7, 11) is 0. The lowest BCUT2D eigenvalue weighted by molar-refractivity contribution is -0.320. The van der Waals surface area contributed by atoms with E-state index >= 15 is 0 Å². The van der Waals surface area contributed by atoms with Gasteiger partial charge < -0.3 is 9.90 Å². The van der Waals surface area contributed by atoms with Crippen LogP contribution in [0.2, 0.25) is 0 Å². The van der Waals surface area contributed by atoms with Gasteiger partial charge in [-0.1, -0.05) is 59.3 Å². The lowest BCUT2D eigenvalue weighted by Gasteiger charge is -2.35. The minimum absolute atomic E-state index is 0.540. The van der Waals surface area contributed by atoms with E-state index in [2.05, 4.69) is 20.8 Å². The molecule has 0 fully saturated rings. The number of unbranched alkanes of at least 4 members (excludes halogenated alkanes) is 3. The van der Waals surface area contributed by atoms with E-state index in [-0.39, 0.29) is 0 Å². The molecule has 0 bridgehead atoms. The quantitative estimate of drug-likeness (QED) is 0.574. The molecule has 0 N–H and O–H groups in total. The number of carboxylic acids is 1. The molecule has 0 radical (unpaired) electrons. The maximum Gasteiger partial charge on any atom is 0.0476 e. The van der Waals surface area contributed by atoms with Crippen LogP contribution in [0.1, 0.15) is 78.6 Å². The van der Waals surface area contributed by atoms with Crippen LogP contribution in [-0.2, 0) is 4.79 Å². The Morgan fingerprint density at radius 3 is 1.38 bits per heavy atom. The van der Waals surface area contributed by atoms with E-state index in [0.29, 0.717) is 0 Å². The fraction of sp³-hybridized carbons (Fsp3) is 0.929. The summed E-state index contributed by atoms with van der Waals surface area (Å²) in [6.07, 6.45) is 8.58. The monoisotopic (exact) mass is 227 g/mol. The smallest absolute Gasteiger partial charge is 0.0476 e. The molecule has 0 aromatic heterocycles. The van der Waals surface area contributed by atoms with Gasteiger partial charge in [0.15, 0.2) is 0 Å². The number of aliphatic carboxylic acids is 1. The highest BCUT2D eigenvalue weighted by Crippen LogP contribution is 2.36. The van der Waals surface area contributed by atoms with Crippen LogP contribution >= 0.6 is 0 Å². The fourth-order valence-electron chi connectivity index (χ4n) is 2.23. The fourth-order valence-corrected chi connectivity index (χ4v) is 2.23. The first-order chi connectivity index (χ1) is 7.63. The topological polar surface area (TPSA) is 40.1 Å². The first kappa shape index (κ1) is 15.5. The highest BCUT2D eigenvalue weighted by molar-refractivity contribution is 5.72. The third kappa shape index (κ3) is 5.00. The lowest BCUT2D eigenvalue weighted by Crippen LogP contribution is -2.42. The predicted octanol–water partition coefficient (Wildman–Crippen LogP) is 3.29. The Balaban J connectivity index is 4.52. The van der Waals surface area contributed by atoms with Gasteiger partial charge in [0.1, 0.15) is 0 Å². The zero-order chi connectivity index (χ0) is 12.4. The van der Waals surface area contributed by atoms with Crippen molar-refractivity contribution < 1.29 is 9.90 Å². The largest absolute Gasteiger partial charge is 0.550 e. The first-order valence-corrected chi connectivity index (χ1v) is 6.84. The molecule has 0 spiro atoms. The molecule has 0 unspecified atom stereocenters. The molecule has 0 aliphatic carbocycles. The molecule has 2 nitrogen and oxygen atoms in total. The van der Waals surface area contributed by atoms with Gasteiger partial charge in [-0.3, -0.25) is 0 Å². The number of carbonyl (C=O) groups is 1. The molecule has 2 heteroatoms. The molecule has 0 saturated carbocycles. The maximum absolute atomic E-state index is 11.4. The van der Waals surface area contributed by atoms with Crippen LogP contribution in [0.4, 0.5) is 0 Å². The second kappa shape index (κ2) is 8.60. The summed E-state index contributed by atoms with van der Waals surface area (Å²) in [5.41, 5.74) is -0.540. The third-order valence-corrected chi connectivity index (χ3v) is 3.46. The van der Waals surface area contributed by atoms with E-state index in [1.165, 1.54) is 0 Å². The molecule has 0 aliphatic heterocycles. The average molecular weight is 227 g/mol. The van der Waals surface area contributed by atoms with Crippen molar-refractivity contribution in [3.05, 3.63) is 0 Å². The normalized spacial score (nSPS) is 11.7. The summed E-state index contributed by atoms with van der Waals surface area (Å²) in [5.74, 6) is -0.817. The Morgan fingerprint density at radius 2 is 1.19 bits per heavy atom. The van der Waals surface area contributed by atoms with Crippen LogP contribution in [0.25, 0.3) is 0 Å². The molecular formula is C14H27O2-. The molecule has 0 aliphatic rings. The SMILES string of the molecule is CCCCC(CCCC)(CCCC)C(=O)[O-]. The Bertz CT molecular complexity index is 165. The first-order valence-electron chi connectivity index (χ1n) is 6.84. The minimum atomic E-state index is -0.817. The van der Waals surface area contributed by atoms with Gasteiger partial charge in [0.2, 0.25) is 0 Å². The number of hydrogen-bond acceptors (Lipinski definition) is 2. The van der Waals surface area contributed by atoms with Crippen molar-refractivity contribution in [2.24, 2.45) is 5.41 Å². The standard InChI is InChI=1S/C14H28O2/c1-4-7-10-14(13(15)16,11-8-5-2)12-9-6-3/h4-12H2,1-3H3,(H,15,16)/p-1. The van der Waals surface area contributed by atoms with E-state index in [0.717, 1.165) is 57.8 Å². The van der Waals surface area contributed by atoms with Gasteiger partial charge in [0, 0.05) is 11.4 Å². The van der Waals surface area contributed by atoms with Crippen molar-refractivity contribution in [2.45, 2.75) is 78.6 Å². The molecule has 16 heavy (non-hydrogen) atoms. The predicted molar refractivity (Wildman–Crippen MR) is 66.0 cm³/mol. The number of carbonyl (C=O) groups excluding carboxylic acids is 1. The van der Waals surface area contributed by atoms with E-state index < -0.39 is 11.4 Å². The van der Waals surface area contributed by atoms with Gasteiger partial charge in [0.25, 0.3) is 0 Å². The average Bonchev–Trinajstić information content (AvgIpc) is 2.28. The second-order valence-corrected chi connectivity index (χ2v) is 4.88. The van der Waals surface area contributed by atoms with Gasteiger partial charge in [-0.15, -0.1) is 0 Å². The second-order valence-electron chi connectivity index (χ2n) is 4.88. The summed E-state index contributed by atoms with van der Waals surface area (Å²) in [6, 6.07) is 0. The van der Waals surface area contributed by atoms with E-state index in [1.54, 1.807) is 0 Å². The van der Waals surface area contributed by atoms with Crippen molar-refractivity contribution in [1.29, 1.82) is 0 Å². The molecule has 0 rings (SSSR count). The van der Waals surface area contributed by atoms with E-state index in [9.17, 15) is 9.90 Å². The zero-order valence-corrected chi connectivity index (χ0v) is 11.2. The van der Waals surface area contributed by atoms with E-state index in [4.69, 9.17) is 0 Å². The summed E-state index contributed by atoms with van der Waals surface area (Å²) >= 11 is 0. The van der Waals surface area contributed by atoms with Crippen molar-refractivity contribution in [3.8, 4) is 0 Å². The van der Waals surface area contributed by atoms with Crippen LogP contribution in [0.3, 0.4) is 0 Å². The molecule has 0 heterocycles. The van der Waals surface area contributed by atoms with Crippen LogP contribution in [0.5, 0.6) is 0 Å². The van der Waals surface area contributed by atoms with Crippen LogP contribution < -0.4 is 5.11 Å². The van der Waals surface area contributed by atoms with Gasteiger partial charge in [0.05, 0.1) is 0 Å². The molecule has 0 amide bonds. The highest BCUT2D eigenvalue weighted by atomic mass is 16.4. The summed E-state index contributed by atoms with van der Waals surface area (Å²) < 4.78 is 0. The van der Waals surface area contributed by atoms with Gasteiger partial charge in [-0.2, -0.15) is 0 Å². The van der Waals surface area contributed by atoms with E-state index in [1.807, 2.05) is 0 Å². The molecular weight excluding hydrogens is 200 g/mol. The van der Waals surface area contributed by atoms with Crippen molar-refractivity contribution in [2.75, 3.05) is 0 Å². The summed E-state index contributed by atoms with van der Waals surface area (Å²) in [6.45, 7) is 6.33. The van der Waals surface area contributed by atoms with Gasteiger partial charge in [-0.25, -0.2) is 0 Å². The summed E-state index contributed by atoms with van der Waals surface area (Å²) in [4.78, 5) is 11.4. The lowest BCUT2D eigenvalue weighted by atomic mass is 9.74.